The lowest BCUT2D eigenvalue weighted by molar-refractivity contribution is -0.122. The van der Waals surface area contributed by atoms with Crippen molar-refractivity contribution in [3.63, 3.8) is 0 Å². The number of carbonyl (C=O) groups is 1. The molecular formula is C11H24N2O2. The molecule has 0 bridgehead atoms. The van der Waals surface area contributed by atoms with Gasteiger partial charge in [-0.1, -0.05) is 26.7 Å². The van der Waals surface area contributed by atoms with E-state index in [2.05, 4.69) is 12.2 Å². The van der Waals surface area contributed by atoms with Crippen molar-refractivity contribution in [3.8, 4) is 0 Å². The average molecular weight is 216 g/mol. The molecule has 3 N–H and O–H groups in total. The number of nitrogens with two attached hydrogens (primary N) is 1. The Morgan fingerprint density at radius 3 is 2.67 bits per heavy atom. The maximum atomic E-state index is 11.3. The Kier molecular flexibility index (Phi) is 9.52. The normalized spacial score (nSPS) is 12.5. The van der Waals surface area contributed by atoms with E-state index in [1.165, 1.54) is 0 Å². The summed E-state index contributed by atoms with van der Waals surface area (Å²) >= 11 is 0. The van der Waals surface area contributed by atoms with E-state index in [4.69, 9.17) is 10.5 Å². The summed E-state index contributed by atoms with van der Waals surface area (Å²) in [6, 6.07) is -0.370. The van der Waals surface area contributed by atoms with E-state index in [0.29, 0.717) is 13.2 Å². The largest absolute Gasteiger partial charge is 0.380 e. The second-order valence-corrected chi connectivity index (χ2v) is 3.65. The Balaban J connectivity index is 3.30. The minimum atomic E-state index is -0.370. The second kappa shape index (κ2) is 9.93. The molecule has 0 spiro atoms. The number of nitrogens with one attached hydrogen (secondary N) is 1. The lowest BCUT2D eigenvalue weighted by Crippen LogP contribution is -2.41. The van der Waals surface area contributed by atoms with Gasteiger partial charge in [0.05, 0.1) is 12.6 Å². The molecule has 0 rings (SSSR count). The van der Waals surface area contributed by atoms with Crippen molar-refractivity contribution in [2.75, 3.05) is 19.8 Å². The van der Waals surface area contributed by atoms with Crippen molar-refractivity contribution in [2.24, 2.45) is 5.73 Å². The van der Waals surface area contributed by atoms with Gasteiger partial charge >= 0.3 is 0 Å². The van der Waals surface area contributed by atoms with Crippen LogP contribution in [0.2, 0.25) is 0 Å². The smallest absolute Gasteiger partial charge is 0.236 e. The van der Waals surface area contributed by atoms with Crippen LogP contribution in [0.5, 0.6) is 0 Å². The zero-order valence-electron chi connectivity index (χ0n) is 9.92. The van der Waals surface area contributed by atoms with Gasteiger partial charge in [0.25, 0.3) is 0 Å². The van der Waals surface area contributed by atoms with Crippen LogP contribution < -0.4 is 11.1 Å². The van der Waals surface area contributed by atoms with Gasteiger partial charge < -0.3 is 15.8 Å². The van der Waals surface area contributed by atoms with Gasteiger partial charge in [0.2, 0.25) is 5.91 Å². The molecule has 0 aromatic heterocycles. The fourth-order valence-electron chi connectivity index (χ4n) is 1.17. The van der Waals surface area contributed by atoms with Crippen LogP contribution in [0.15, 0.2) is 0 Å². The van der Waals surface area contributed by atoms with E-state index in [1.54, 1.807) is 0 Å². The van der Waals surface area contributed by atoms with Gasteiger partial charge in [0.1, 0.15) is 0 Å². The van der Waals surface area contributed by atoms with Crippen LogP contribution >= 0.6 is 0 Å². The van der Waals surface area contributed by atoms with Crippen LogP contribution in [0, 0.1) is 0 Å². The van der Waals surface area contributed by atoms with Crippen LogP contribution in [-0.2, 0) is 9.53 Å². The molecule has 0 aromatic rings. The van der Waals surface area contributed by atoms with Crippen molar-refractivity contribution >= 4 is 5.91 Å². The lowest BCUT2D eigenvalue weighted by atomic mass is 10.2. The first-order valence-electron chi connectivity index (χ1n) is 5.83. The van der Waals surface area contributed by atoms with Gasteiger partial charge in [-0.25, -0.2) is 0 Å². The maximum absolute atomic E-state index is 11.3. The summed E-state index contributed by atoms with van der Waals surface area (Å²) in [5.41, 5.74) is 5.64. The fraction of sp³-hybridized carbons (Fsp3) is 0.909. The molecule has 0 aliphatic heterocycles. The Bertz CT molecular complexity index is 163. The van der Waals surface area contributed by atoms with Gasteiger partial charge in [0, 0.05) is 13.2 Å². The Hall–Kier alpha value is -0.610. The van der Waals surface area contributed by atoms with Crippen molar-refractivity contribution in [1.29, 1.82) is 0 Å². The summed E-state index contributed by atoms with van der Waals surface area (Å²) in [6.45, 7) is 6.04. The van der Waals surface area contributed by atoms with E-state index in [1.807, 2.05) is 6.92 Å². The molecule has 0 aromatic carbocycles. The molecule has 0 aliphatic carbocycles. The van der Waals surface area contributed by atoms with Crippen LogP contribution in [0.4, 0.5) is 0 Å². The number of hydrogen-bond donors (Lipinski definition) is 2. The van der Waals surface area contributed by atoms with Crippen LogP contribution in [0.25, 0.3) is 0 Å². The third kappa shape index (κ3) is 8.39. The topological polar surface area (TPSA) is 64.3 Å². The van der Waals surface area contributed by atoms with E-state index >= 15 is 0 Å². The highest BCUT2D eigenvalue weighted by atomic mass is 16.5. The third-order valence-electron chi connectivity index (χ3n) is 2.12. The summed E-state index contributed by atoms with van der Waals surface area (Å²) in [5.74, 6) is -0.0732. The predicted molar refractivity (Wildman–Crippen MR) is 61.6 cm³/mol. The number of rotatable bonds is 9. The fourth-order valence-corrected chi connectivity index (χ4v) is 1.17. The Morgan fingerprint density at radius 1 is 1.33 bits per heavy atom. The predicted octanol–water partition coefficient (Wildman–Crippen LogP) is 1.05. The summed E-state index contributed by atoms with van der Waals surface area (Å²) in [6.07, 6.45) is 3.88. The quantitative estimate of drug-likeness (QED) is 0.566. The summed E-state index contributed by atoms with van der Waals surface area (Å²) in [4.78, 5) is 11.3. The van der Waals surface area contributed by atoms with Crippen LogP contribution in [0.3, 0.4) is 0 Å². The lowest BCUT2D eigenvalue weighted by Gasteiger charge is -2.11. The zero-order chi connectivity index (χ0) is 11.5. The molecule has 0 unspecified atom stereocenters. The monoisotopic (exact) mass is 216 g/mol. The molecule has 0 radical (unpaired) electrons. The van der Waals surface area contributed by atoms with Crippen molar-refractivity contribution in [1.82, 2.24) is 5.32 Å². The highest BCUT2D eigenvalue weighted by molar-refractivity contribution is 5.81. The number of unbranched alkanes of at least 4 members (excludes halogenated alkanes) is 1. The number of hydrogen-bond acceptors (Lipinski definition) is 3. The molecule has 0 saturated heterocycles. The highest BCUT2D eigenvalue weighted by Crippen LogP contribution is 1.92. The van der Waals surface area contributed by atoms with Gasteiger partial charge in [-0.05, 0) is 12.8 Å². The second-order valence-electron chi connectivity index (χ2n) is 3.65. The first-order valence-corrected chi connectivity index (χ1v) is 5.83. The average Bonchev–Trinajstić information content (AvgIpc) is 2.23. The van der Waals surface area contributed by atoms with Crippen LogP contribution in [-0.4, -0.2) is 31.7 Å². The minimum absolute atomic E-state index is 0.0732. The van der Waals surface area contributed by atoms with E-state index in [0.717, 1.165) is 32.3 Å². The first-order chi connectivity index (χ1) is 7.22. The standard InChI is InChI=1S/C11H24N2O2/c1-3-5-8-15-9-7-13-11(14)10(12)6-4-2/h10H,3-9,12H2,1-2H3,(H,13,14)/t10-/m1/s1. The molecular weight excluding hydrogens is 192 g/mol. The number of carbonyl (C=O) groups excluding carboxylic acids is 1. The Morgan fingerprint density at radius 2 is 2.07 bits per heavy atom. The van der Waals surface area contributed by atoms with Crippen molar-refractivity contribution < 1.29 is 9.53 Å². The molecule has 0 fully saturated rings. The Labute approximate surface area is 92.6 Å². The summed E-state index contributed by atoms with van der Waals surface area (Å²) in [5, 5.41) is 2.76. The number of amides is 1. The molecule has 4 heteroatoms. The van der Waals surface area contributed by atoms with Gasteiger partial charge in [0.15, 0.2) is 0 Å². The van der Waals surface area contributed by atoms with Crippen molar-refractivity contribution in [2.45, 2.75) is 45.6 Å². The van der Waals surface area contributed by atoms with Gasteiger partial charge in [-0.3, -0.25) is 4.79 Å². The summed E-state index contributed by atoms with van der Waals surface area (Å²) < 4.78 is 5.31. The zero-order valence-corrected chi connectivity index (χ0v) is 9.92. The van der Waals surface area contributed by atoms with Crippen molar-refractivity contribution in [3.05, 3.63) is 0 Å². The summed E-state index contributed by atoms with van der Waals surface area (Å²) in [7, 11) is 0. The molecule has 15 heavy (non-hydrogen) atoms. The molecule has 0 aliphatic rings. The van der Waals surface area contributed by atoms with Gasteiger partial charge in [-0.15, -0.1) is 0 Å². The molecule has 0 heterocycles. The maximum Gasteiger partial charge on any atom is 0.236 e. The molecule has 1 amide bonds. The molecule has 90 valence electrons. The third-order valence-corrected chi connectivity index (χ3v) is 2.12. The molecule has 1 atom stereocenters. The van der Waals surface area contributed by atoms with Crippen LogP contribution in [0.1, 0.15) is 39.5 Å². The SMILES string of the molecule is CCCCOCCNC(=O)[C@H](N)CCC. The minimum Gasteiger partial charge on any atom is -0.380 e. The first kappa shape index (κ1) is 14.4. The number of ether oxygens (including phenoxy) is 1. The van der Waals surface area contributed by atoms with E-state index < -0.39 is 0 Å². The van der Waals surface area contributed by atoms with E-state index in [-0.39, 0.29) is 11.9 Å². The molecule has 4 nitrogen and oxygen atoms in total. The van der Waals surface area contributed by atoms with Gasteiger partial charge in [-0.2, -0.15) is 0 Å². The molecule has 0 saturated carbocycles. The van der Waals surface area contributed by atoms with E-state index in [9.17, 15) is 4.79 Å². The highest BCUT2D eigenvalue weighted by Gasteiger charge is 2.10.